The maximum atomic E-state index is 4.44. The minimum Gasteiger partial charge on any atom is -0.354 e. The van der Waals surface area contributed by atoms with Crippen LogP contribution in [0.5, 0.6) is 0 Å². The van der Waals surface area contributed by atoms with Crippen LogP contribution in [0.4, 0.5) is 5.95 Å². The topological polar surface area (TPSA) is 81.4 Å². The summed E-state index contributed by atoms with van der Waals surface area (Å²) < 4.78 is 2.47. The van der Waals surface area contributed by atoms with E-state index in [1.807, 2.05) is 18.4 Å². The van der Waals surface area contributed by atoms with Gasteiger partial charge in [-0.05, 0) is 34.3 Å². The Morgan fingerprint density at radius 1 is 1.35 bits per heavy atom. The second-order valence-corrected chi connectivity index (χ2v) is 5.52. The highest BCUT2D eigenvalue weighted by atomic mass is 79.9. The van der Waals surface area contributed by atoms with Gasteiger partial charge in [-0.1, -0.05) is 0 Å². The van der Waals surface area contributed by atoms with E-state index in [-0.39, 0.29) is 0 Å². The van der Waals surface area contributed by atoms with Crippen molar-refractivity contribution in [2.24, 2.45) is 0 Å². The summed E-state index contributed by atoms with van der Waals surface area (Å²) in [5.74, 6) is 1.55. The van der Waals surface area contributed by atoms with Crippen LogP contribution in [0.15, 0.2) is 28.6 Å². The van der Waals surface area contributed by atoms with Crippen molar-refractivity contribution in [2.75, 3.05) is 11.9 Å². The Hall–Kier alpha value is -1.87. The quantitative estimate of drug-likeness (QED) is 0.776. The lowest BCUT2D eigenvalue weighted by Gasteiger charge is -2.06. The summed E-state index contributed by atoms with van der Waals surface area (Å²) in [7, 11) is 0. The molecule has 3 heterocycles. The zero-order chi connectivity index (χ0) is 13.9. The van der Waals surface area contributed by atoms with E-state index in [2.05, 4.69) is 46.3 Å². The van der Waals surface area contributed by atoms with E-state index < -0.39 is 0 Å². The minimum atomic E-state index is 0.434. The number of hydrogen-bond donors (Lipinski definition) is 1. The van der Waals surface area contributed by atoms with E-state index in [9.17, 15) is 0 Å². The Morgan fingerprint density at radius 3 is 2.90 bits per heavy atom. The average Bonchev–Trinajstić information content (AvgIpc) is 3.09. The molecule has 0 spiro atoms. The number of thiophene rings is 1. The van der Waals surface area contributed by atoms with Crippen molar-refractivity contribution >= 4 is 33.2 Å². The number of nitrogens with zero attached hydrogens (tertiary/aromatic N) is 6. The Morgan fingerprint density at radius 2 is 2.25 bits per heavy atom. The third kappa shape index (κ3) is 2.54. The number of hydrogen-bond acceptors (Lipinski definition) is 7. The molecule has 0 aliphatic heterocycles. The van der Waals surface area contributed by atoms with Gasteiger partial charge in [0.1, 0.15) is 12.7 Å². The normalized spacial score (nSPS) is 10.7. The first-order valence-electron chi connectivity index (χ1n) is 5.86. The molecule has 0 aromatic carbocycles. The lowest BCUT2D eigenvalue weighted by molar-refractivity contribution is 0.797. The number of rotatable bonds is 4. The van der Waals surface area contributed by atoms with Gasteiger partial charge in [0.25, 0.3) is 5.95 Å². The van der Waals surface area contributed by atoms with E-state index in [0.717, 1.165) is 15.9 Å². The maximum Gasteiger partial charge on any atom is 0.257 e. The monoisotopic (exact) mass is 351 g/mol. The molecule has 0 unspecified atom stereocenters. The van der Waals surface area contributed by atoms with E-state index in [1.165, 1.54) is 11.0 Å². The zero-order valence-corrected chi connectivity index (χ0v) is 12.9. The fourth-order valence-corrected chi connectivity index (χ4v) is 3.05. The molecule has 3 aromatic rings. The number of anilines is 1. The van der Waals surface area contributed by atoms with Crippen molar-refractivity contribution in [1.82, 2.24) is 29.7 Å². The van der Waals surface area contributed by atoms with Crippen LogP contribution in [0, 0.1) is 0 Å². The molecule has 0 fully saturated rings. The smallest absolute Gasteiger partial charge is 0.257 e. The van der Waals surface area contributed by atoms with E-state index in [0.29, 0.717) is 17.7 Å². The standard InChI is InChI=1S/C11H10BrN7S/c1-2-14-10-16-9(8-7(12)3-4-20-8)17-11(18-10)19-6-13-5-15-19/h3-6H,2H2,1H3,(H,14,16,17,18). The molecule has 1 N–H and O–H groups in total. The lowest BCUT2D eigenvalue weighted by atomic mass is 10.4. The molecule has 0 saturated carbocycles. The van der Waals surface area contributed by atoms with Gasteiger partial charge < -0.3 is 5.32 Å². The molecule has 0 amide bonds. The van der Waals surface area contributed by atoms with Gasteiger partial charge in [-0.3, -0.25) is 0 Å². The predicted octanol–water partition coefficient (Wildman–Crippen LogP) is 2.38. The number of nitrogens with one attached hydrogen (secondary N) is 1. The molecule has 3 rings (SSSR count). The third-order valence-electron chi connectivity index (χ3n) is 2.40. The van der Waals surface area contributed by atoms with Crippen molar-refractivity contribution in [3.63, 3.8) is 0 Å². The molecule has 0 bridgehead atoms. The summed E-state index contributed by atoms with van der Waals surface area (Å²) in [6, 6.07) is 1.96. The second kappa shape index (κ2) is 5.63. The van der Waals surface area contributed by atoms with Crippen LogP contribution in [0.25, 0.3) is 16.6 Å². The van der Waals surface area contributed by atoms with Crippen LogP contribution >= 0.6 is 27.3 Å². The van der Waals surface area contributed by atoms with Crippen LogP contribution < -0.4 is 5.32 Å². The van der Waals surface area contributed by atoms with Gasteiger partial charge in [0.15, 0.2) is 5.82 Å². The van der Waals surface area contributed by atoms with E-state index >= 15 is 0 Å². The van der Waals surface area contributed by atoms with Crippen LogP contribution in [0.3, 0.4) is 0 Å². The fraction of sp³-hybridized carbons (Fsp3) is 0.182. The first-order chi connectivity index (χ1) is 9.78. The molecule has 3 aromatic heterocycles. The van der Waals surface area contributed by atoms with Crippen molar-refractivity contribution in [1.29, 1.82) is 0 Å². The molecule has 9 heteroatoms. The molecule has 102 valence electrons. The molecule has 7 nitrogen and oxygen atoms in total. The molecule has 20 heavy (non-hydrogen) atoms. The van der Waals surface area contributed by atoms with Gasteiger partial charge in [-0.25, -0.2) is 4.98 Å². The van der Waals surface area contributed by atoms with Gasteiger partial charge in [-0.2, -0.15) is 24.7 Å². The minimum absolute atomic E-state index is 0.434. The van der Waals surface area contributed by atoms with Crippen LogP contribution in [-0.4, -0.2) is 36.3 Å². The first-order valence-corrected chi connectivity index (χ1v) is 7.53. The lowest BCUT2D eigenvalue weighted by Crippen LogP contribution is -2.09. The second-order valence-electron chi connectivity index (χ2n) is 3.75. The summed E-state index contributed by atoms with van der Waals surface area (Å²) in [6.45, 7) is 2.71. The molecule has 0 radical (unpaired) electrons. The highest BCUT2D eigenvalue weighted by molar-refractivity contribution is 9.10. The molecule has 0 aliphatic rings. The fourth-order valence-electron chi connectivity index (χ4n) is 1.57. The van der Waals surface area contributed by atoms with Gasteiger partial charge in [-0.15, -0.1) is 11.3 Å². The van der Waals surface area contributed by atoms with Crippen molar-refractivity contribution in [3.8, 4) is 16.6 Å². The highest BCUT2D eigenvalue weighted by Gasteiger charge is 2.13. The summed E-state index contributed by atoms with van der Waals surface area (Å²) >= 11 is 5.06. The zero-order valence-electron chi connectivity index (χ0n) is 10.5. The van der Waals surface area contributed by atoms with Crippen molar-refractivity contribution < 1.29 is 0 Å². The summed E-state index contributed by atoms with van der Waals surface area (Å²) in [6.07, 6.45) is 3.00. The summed E-state index contributed by atoms with van der Waals surface area (Å²) in [5, 5.41) is 9.12. The van der Waals surface area contributed by atoms with E-state index in [1.54, 1.807) is 17.7 Å². The molecule has 0 atom stereocenters. The van der Waals surface area contributed by atoms with Gasteiger partial charge in [0.2, 0.25) is 5.95 Å². The Bertz CT molecular complexity index is 709. The maximum absolute atomic E-state index is 4.44. The first kappa shape index (κ1) is 13.1. The molecule has 0 aliphatic carbocycles. The summed E-state index contributed by atoms with van der Waals surface area (Å²) in [5.41, 5.74) is 0. The largest absolute Gasteiger partial charge is 0.354 e. The molecular formula is C11H10BrN7S. The Kier molecular flexibility index (Phi) is 3.70. The highest BCUT2D eigenvalue weighted by Crippen LogP contribution is 2.31. The average molecular weight is 352 g/mol. The number of halogens is 1. The van der Waals surface area contributed by atoms with E-state index in [4.69, 9.17) is 0 Å². The van der Waals surface area contributed by atoms with Crippen LogP contribution in [-0.2, 0) is 0 Å². The van der Waals surface area contributed by atoms with Gasteiger partial charge in [0.05, 0.1) is 4.88 Å². The van der Waals surface area contributed by atoms with Gasteiger partial charge in [0, 0.05) is 11.0 Å². The molecular weight excluding hydrogens is 342 g/mol. The number of aromatic nitrogens is 6. The SMILES string of the molecule is CCNc1nc(-c2sccc2Br)nc(-n2cncn2)n1. The third-order valence-corrected chi connectivity index (χ3v) is 4.24. The predicted molar refractivity (Wildman–Crippen MR) is 79.9 cm³/mol. The van der Waals surface area contributed by atoms with Crippen molar-refractivity contribution in [2.45, 2.75) is 6.92 Å². The van der Waals surface area contributed by atoms with Gasteiger partial charge >= 0.3 is 0 Å². The van der Waals surface area contributed by atoms with Crippen LogP contribution in [0.2, 0.25) is 0 Å². The molecule has 0 saturated heterocycles. The van der Waals surface area contributed by atoms with Crippen LogP contribution in [0.1, 0.15) is 6.92 Å². The Balaban J connectivity index is 2.12. The summed E-state index contributed by atoms with van der Waals surface area (Å²) in [4.78, 5) is 18.0. The van der Waals surface area contributed by atoms with Crippen molar-refractivity contribution in [3.05, 3.63) is 28.6 Å². The Labute approximate surface area is 127 Å².